The minimum absolute atomic E-state index is 0.162. The van der Waals surface area contributed by atoms with Crippen LogP contribution in [0.3, 0.4) is 0 Å². The van der Waals surface area contributed by atoms with Crippen molar-refractivity contribution in [2.75, 3.05) is 11.1 Å². The van der Waals surface area contributed by atoms with E-state index in [0.717, 1.165) is 18.5 Å². The Morgan fingerprint density at radius 2 is 2.00 bits per heavy atom. The van der Waals surface area contributed by atoms with Gasteiger partial charge >= 0.3 is 5.97 Å². The first kappa shape index (κ1) is 15.6. The van der Waals surface area contributed by atoms with Crippen LogP contribution in [0.5, 0.6) is 0 Å². The van der Waals surface area contributed by atoms with Crippen molar-refractivity contribution >= 4 is 29.3 Å². The van der Waals surface area contributed by atoms with Crippen molar-refractivity contribution in [2.24, 2.45) is 0 Å². The first-order valence-electron chi connectivity index (χ1n) is 6.32. The topological polar surface area (TPSA) is 66.4 Å². The fourth-order valence-corrected chi connectivity index (χ4v) is 2.46. The summed E-state index contributed by atoms with van der Waals surface area (Å²) in [6.07, 6.45) is 2.43. The van der Waals surface area contributed by atoms with E-state index in [4.69, 9.17) is 5.11 Å². The van der Waals surface area contributed by atoms with Crippen LogP contribution in [0.15, 0.2) is 30.3 Å². The number of unbranched alkanes of at least 4 members (excludes halogenated alkanes) is 1. The van der Waals surface area contributed by atoms with Gasteiger partial charge in [-0.3, -0.25) is 9.59 Å². The Kier molecular flexibility index (Phi) is 7.03. The normalized spacial score (nSPS) is 11.8. The van der Waals surface area contributed by atoms with E-state index < -0.39 is 11.2 Å². The zero-order chi connectivity index (χ0) is 14.1. The predicted octanol–water partition coefficient (Wildman–Crippen LogP) is 3.00. The number of amides is 1. The third-order valence-corrected chi connectivity index (χ3v) is 3.84. The number of carboxylic acid groups (broad SMARTS) is 1. The maximum atomic E-state index is 11.7. The van der Waals surface area contributed by atoms with Gasteiger partial charge in [0, 0.05) is 5.69 Å². The Bertz CT molecular complexity index is 408. The second-order valence-corrected chi connectivity index (χ2v) is 5.39. The van der Waals surface area contributed by atoms with Crippen LogP contribution in [-0.4, -0.2) is 28.0 Å². The van der Waals surface area contributed by atoms with Gasteiger partial charge in [-0.2, -0.15) is 0 Å². The number of anilines is 1. The lowest BCUT2D eigenvalue weighted by Gasteiger charge is -2.11. The molecule has 1 amide bonds. The first-order valence-corrected chi connectivity index (χ1v) is 7.37. The Balaban J connectivity index is 2.37. The van der Waals surface area contributed by atoms with Crippen molar-refractivity contribution in [2.45, 2.75) is 31.4 Å². The molecule has 0 saturated carbocycles. The number of thioether (sulfide) groups is 1. The van der Waals surface area contributed by atoms with Gasteiger partial charge in [0.05, 0.1) is 5.75 Å². The molecule has 0 spiro atoms. The van der Waals surface area contributed by atoms with Gasteiger partial charge in [-0.15, -0.1) is 11.8 Å². The number of hydrogen-bond acceptors (Lipinski definition) is 3. The average molecular weight is 281 g/mol. The van der Waals surface area contributed by atoms with Crippen molar-refractivity contribution in [3.8, 4) is 0 Å². The molecule has 1 atom stereocenters. The summed E-state index contributed by atoms with van der Waals surface area (Å²) in [5.41, 5.74) is 0.730. The van der Waals surface area contributed by atoms with Crippen LogP contribution >= 0.6 is 11.8 Å². The quantitative estimate of drug-likeness (QED) is 0.768. The number of benzene rings is 1. The van der Waals surface area contributed by atoms with Crippen molar-refractivity contribution in [1.82, 2.24) is 0 Å². The van der Waals surface area contributed by atoms with Crippen molar-refractivity contribution in [1.29, 1.82) is 0 Å². The van der Waals surface area contributed by atoms with Crippen LogP contribution in [0.25, 0.3) is 0 Å². The maximum absolute atomic E-state index is 11.7. The lowest BCUT2D eigenvalue weighted by atomic mass is 10.2. The van der Waals surface area contributed by atoms with Crippen LogP contribution in [0.4, 0.5) is 5.69 Å². The van der Waals surface area contributed by atoms with Gasteiger partial charge in [0.25, 0.3) is 0 Å². The number of rotatable bonds is 8. The second kappa shape index (κ2) is 8.58. The summed E-state index contributed by atoms with van der Waals surface area (Å²) in [6.45, 7) is 2.02. The zero-order valence-corrected chi connectivity index (χ0v) is 11.8. The number of aliphatic carboxylic acids is 1. The predicted molar refractivity (Wildman–Crippen MR) is 78.5 cm³/mol. The molecule has 2 N–H and O–H groups in total. The molecule has 1 aromatic rings. The van der Waals surface area contributed by atoms with Crippen LogP contribution < -0.4 is 5.32 Å². The molecule has 0 radical (unpaired) electrons. The highest BCUT2D eigenvalue weighted by Crippen LogP contribution is 2.18. The molecule has 5 heteroatoms. The minimum atomic E-state index is -0.842. The highest BCUT2D eigenvalue weighted by Gasteiger charge is 2.18. The van der Waals surface area contributed by atoms with Crippen LogP contribution in [0, 0.1) is 0 Å². The molecule has 0 aliphatic heterocycles. The second-order valence-electron chi connectivity index (χ2n) is 4.19. The standard InChI is InChI=1S/C14H19NO3S/c1-2-3-9-12(14(17)18)19-10-13(16)15-11-7-5-4-6-8-11/h4-8,12H,2-3,9-10H2,1H3,(H,15,16)(H,17,18)/t12-/m0/s1. The molecule has 0 fully saturated rings. The van der Waals surface area contributed by atoms with E-state index in [-0.39, 0.29) is 11.7 Å². The van der Waals surface area contributed by atoms with E-state index in [9.17, 15) is 9.59 Å². The number of carbonyl (C=O) groups is 2. The van der Waals surface area contributed by atoms with E-state index in [1.165, 1.54) is 11.8 Å². The van der Waals surface area contributed by atoms with Gasteiger partial charge in [-0.05, 0) is 18.6 Å². The van der Waals surface area contributed by atoms with E-state index in [0.29, 0.717) is 6.42 Å². The summed E-state index contributed by atoms with van der Waals surface area (Å²) in [4.78, 5) is 22.7. The average Bonchev–Trinajstić information content (AvgIpc) is 2.39. The minimum Gasteiger partial charge on any atom is -0.480 e. The summed E-state index contributed by atoms with van der Waals surface area (Å²) < 4.78 is 0. The molecule has 0 aliphatic carbocycles. The van der Waals surface area contributed by atoms with Crippen LogP contribution in [0.1, 0.15) is 26.2 Å². The van der Waals surface area contributed by atoms with E-state index in [2.05, 4.69) is 5.32 Å². The highest BCUT2D eigenvalue weighted by atomic mass is 32.2. The first-order chi connectivity index (χ1) is 9.13. The molecule has 0 saturated heterocycles. The van der Waals surface area contributed by atoms with E-state index in [1.807, 2.05) is 25.1 Å². The van der Waals surface area contributed by atoms with E-state index in [1.54, 1.807) is 12.1 Å². The maximum Gasteiger partial charge on any atom is 0.316 e. The Hall–Kier alpha value is -1.49. The Labute approximate surface area is 117 Å². The van der Waals surface area contributed by atoms with Gasteiger partial charge in [0.1, 0.15) is 5.25 Å². The van der Waals surface area contributed by atoms with Crippen molar-refractivity contribution in [3.63, 3.8) is 0 Å². The number of carboxylic acids is 1. The Morgan fingerprint density at radius 3 is 2.58 bits per heavy atom. The van der Waals surface area contributed by atoms with Gasteiger partial charge in [-0.1, -0.05) is 38.0 Å². The molecule has 0 heterocycles. The zero-order valence-electron chi connectivity index (χ0n) is 11.0. The molecule has 1 aromatic carbocycles. The van der Waals surface area contributed by atoms with Crippen molar-refractivity contribution < 1.29 is 14.7 Å². The molecule has 0 aromatic heterocycles. The van der Waals surface area contributed by atoms with Gasteiger partial charge in [0.2, 0.25) is 5.91 Å². The SMILES string of the molecule is CCCC[C@H](SCC(=O)Nc1ccccc1)C(=O)O. The van der Waals surface area contributed by atoms with E-state index >= 15 is 0 Å². The van der Waals surface area contributed by atoms with Gasteiger partial charge in [-0.25, -0.2) is 0 Å². The number of para-hydroxylation sites is 1. The summed E-state index contributed by atoms with van der Waals surface area (Å²) in [5, 5.41) is 11.3. The lowest BCUT2D eigenvalue weighted by molar-refractivity contribution is -0.136. The fraction of sp³-hybridized carbons (Fsp3) is 0.429. The summed E-state index contributed by atoms with van der Waals surface area (Å²) in [7, 11) is 0. The van der Waals surface area contributed by atoms with Gasteiger partial charge < -0.3 is 10.4 Å². The number of carbonyl (C=O) groups excluding carboxylic acids is 1. The lowest BCUT2D eigenvalue weighted by Crippen LogP contribution is -2.21. The van der Waals surface area contributed by atoms with Crippen LogP contribution in [0.2, 0.25) is 0 Å². The molecule has 19 heavy (non-hydrogen) atoms. The molecule has 4 nitrogen and oxygen atoms in total. The summed E-state index contributed by atoms with van der Waals surface area (Å²) in [6, 6.07) is 9.15. The summed E-state index contributed by atoms with van der Waals surface area (Å²) >= 11 is 1.19. The fourth-order valence-electron chi connectivity index (χ4n) is 1.56. The smallest absolute Gasteiger partial charge is 0.316 e. The number of hydrogen-bond donors (Lipinski definition) is 2. The third-order valence-electron chi connectivity index (χ3n) is 2.57. The van der Waals surface area contributed by atoms with Crippen molar-refractivity contribution in [3.05, 3.63) is 30.3 Å². The largest absolute Gasteiger partial charge is 0.480 e. The van der Waals surface area contributed by atoms with Gasteiger partial charge in [0.15, 0.2) is 0 Å². The monoisotopic (exact) mass is 281 g/mol. The molecule has 0 bridgehead atoms. The molecular weight excluding hydrogens is 262 g/mol. The molecule has 0 unspecified atom stereocenters. The number of nitrogens with one attached hydrogen (secondary N) is 1. The summed E-state index contributed by atoms with van der Waals surface area (Å²) in [5.74, 6) is -0.847. The molecule has 1 rings (SSSR count). The highest BCUT2D eigenvalue weighted by molar-refractivity contribution is 8.01. The molecule has 104 valence electrons. The van der Waals surface area contributed by atoms with Crippen LogP contribution in [-0.2, 0) is 9.59 Å². The molecule has 0 aliphatic rings. The molecular formula is C14H19NO3S. The Morgan fingerprint density at radius 1 is 1.32 bits per heavy atom. The third kappa shape index (κ3) is 6.29.